The van der Waals surface area contributed by atoms with E-state index in [0.717, 1.165) is 51.4 Å². The van der Waals surface area contributed by atoms with Gasteiger partial charge in [0.15, 0.2) is 0 Å². The average Bonchev–Trinajstić information content (AvgIpc) is 3.53. The number of hydrogen-bond acceptors (Lipinski definition) is 4. The molecule has 3 aliphatic rings. The summed E-state index contributed by atoms with van der Waals surface area (Å²) in [6.07, 6.45) is 9.46. The summed E-state index contributed by atoms with van der Waals surface area (Å²) in [5, 5.41) is 2.21. The number of amides is 2. The van der Waals surface area contributed by atoms with E-state index in [0.29, 0.717) is 25.9 Å². The monoisotopic (exact) mass is 507 g/mol. The largest absolute Gasteiger partial charge is 0.341 e. The van der Waals surface area contributed by atoms with Crippen LogP contribution in [0.5, 0.6) is 0 Å². The fourth-order valence-electron chi connectivity index (χ4n) is 6.47. The molecule has 2 amide bonds. The van der Waals surface area contributed by atoms with Crippen molar-refractivity contribution in [3.05, 3.63) is 57.3 Å². The van der Waals surface area contributed by atoms with Crippen LogP contribution < -0.4 is 0 Å². The van der Waals surface area contributed by atoms with E-state index in [1.54, 1.807) is 0 Å². The molecule has 1 saturated carbocycles. The van der Waals surface area contributed by atoms with Crippen molar-refractivity contribution in [3.63, 3.8) is 0 Å². The lowest BCUT2D eigenvalue weighted by Crippen LogP contribution is -2.41. The van der Waals surface area contributed by atoms with Gasteiger partial charge in [0.05, 0.1) is 6.04 Å². The molecule has 2 aromatic rings. The van der Waals surface area contributed by atoms with Crippen LogP contribution in [0.4, 0.5) is 0 Å². The van der Waals surface area contributed by atoms with Crippen molar-refractivity contribution in [2.45, 2.75) is 70.8 Å². The van der Waals surface area contributed by atoms with E-state index in [4.69, 9.17) is 0 Å². The van der Waals surface area contributed by atoms with Crippen molar-refractivity contribution in [1.29, 1.82) is 0 Å². The summed E-state index contributed by atoms with van der Waals surface area (Å²) in [5.74, 6) is 1.27. The fourth-order valence-corrected chi connectivity index (χ4v) is 7.37. The molecule has 2 fully saturated rings. The van der Waals surface area contributed by atoms with Crippen LogP contribution in [-0.2, 0) is 16.0 Å². The van der Waals surface area contributed by atoms with E-state index in [9.17, 15) is 9.59 Å². The summed E-state index contributed by atoms with van der Waals surface area (Å²) in [4.78, 5) is 34.1. The average molecular weight is 508 g/mol. The first-order valence-corrected chi connectivity index (χ1v) is 14.9. The van der Waals surface area contributed by atoms with Crippen molar-refractivity contribution in [1.82, 2.24) is 14.7 Å². The van der Waals surface area contributed by atoms with Crippen LogP contribution in [0.15, 0.2) is 35.7 Å². The molecule has 1 aromatic heterocycles. The molecule has 36 heavy (non-hydrogen) atoms. The molecular formula is C30H41N3O2S. The molecule has 2 aliphatic heterocycles. The van der Waals surface area contributed by atoms with Crippen LogP contribution >= 0.6 is 11.3 Å². The molecule has 0 unspecified atom stereocenters. The topological polar surface area (TPSA) is 43.9 Å². The van der Waals surface area contributed by atoms with Crippen LogP contribution in [0.3, 0.4) is 0 Å². The van der Waals surface area contributed by atoms with Gasteiger partial charge in [-0.3, -0.25) is 14.5 Å². The number of carbonyl (C=O) groups is 2. The molecule has 1 aliphatic carbocycles. The standard InChI is InChI=1S/C30H41N3O2S/c1-23-7-2-5-10-25(23)30-26-15-22-36-27(26)13-18-33(30)19-14-29(35)32-17-6-16-31(20-21-32)28(34)12-11-24-8-3-4-9-24/h2,5,7,10,15,22,24,30H,3-4,6,8-9,11-14,16-21H2,1H3/t30-/m0/s1. The Hall–Kier alpha value is -2.18. The van der Waals surface area contributed by atoms with Gasteiger partial charge >= 0.3 is 0 Å². The number of fused-ring (bicyclic) bond motifs is 1. The highest BCUT2D eigenvalue weighted by atomic mass is 32.1. The van der Waals surface area contributed by atoms with Crippen molar-refractivity contribution >= 4 is 23.2 Å². The van der Waals surface area contributed by atoms with Gasteiger partial charge in [0.25, 0.3) is 0 Å². The van der Waals surface area contributed by atoms with E-state index < -0.39 is 0 Å². The minimum absolute atomic E-state index is 0.228. The quantitative estimate of drug-likeness (QED) is 0.502. The summed E-state index contributed by atoms with van der Waals surface area (Å²) >= 11 is 1.86. The Balaban J connectivity index is 1.16. The molecule has 0 bridgehead atoms. The zero-order valence-electron chi connectivity index (χ0n) is 21.8. The highest BCUT2D eigenvalue weighted by Gasteiger charge is 2.31. The van der Waals surface area contributed by atoms with Gasteiger partial charge in [-0.05, 0) is 60.2 Å². The zero-order valence-corrected chi connectivity index (χ0v) is 22.6. The lowest BCUT2D eigenvalue weighted by atomic mass is 9.90. The van der Waals surface area contributed by atoms with Crippen molar-refractivity contribution in [2.75, 3.05) is 39.3 Å². The molecule has 5 nitrogen and oxygen atoms in total. The van der Waals surface area contributed by atoms with Gasteiger partial charge in [0.1, 0.15) is 0 Å². The fraction of sp³-hybridized carbons (Fsp3) is 0.600. The number of rotatable bonds is 7. The lowest BCUT2D eigenvalue weighted by Gasteiger charge is -2.37. The van der Waals surface area contributed by atoms with E-state index in [1.165, 1.54) is 47.3 Å². The van der Waals surface area contributed by atoms with Crippen LogP contribution in [0, 0.1) is 12.8 Å². The normalized spacial score (nSPS) is 21.4. The van der Waals surface area contributed by atoms with Crippen molar-refractivity contribution in [2.24, 2.45) is 5.92 Å². The molecule has 1 saturated heterocycles. The maximum atomic E-state index is 13.3. The Kier molecular flexibility index (Phi) is 8.43. The van der Waals surface area contributed by atoms with E-state index in [2.05, 4.69) is 47.5 Å². The second-order valence-electron chi connectivity index (χ2n) is 10.9. The van der Waals surface area contributed by atoms with E-state index in [-0.39, 0.29) is 17.9 Å². The SMILES string of the molecule is Cc1ccccc1[C@H]1c2ccsc2CCN1CCC(=O)N1CCCN(C(=O)CCC2CCCC2)CC1. The molecule has 1 aromatic carbocycles. The Bertz CT molecular complexity index is 1040. The second-order valence-corrected chi connectivity index (χ2v) is 11.9. The van der Waals surface area contributed by atoms with Gasteiger partial charge in [-0.15, -0.1) is 11.3 Å². The Labute approximate surface area is 220 Å². The van der Waals surface area contributed by atoms with Crippen LogP contribution in [0.25, 0.3) is 0 Å². The van der Waals surface area contributed by atoms with E-state index in [1.807, 2.05) is 21.1 Å². The van der Waals surface area contributed by atoms with Gasteiger partial charge in [0, 0.05) is 57.0 Å². The summed E-state index contributed by atoms with van der Waals surface area (Å²) in [7, 11) is 0. The van der Waals surface area contributed by atoms with Gasteiger partial charge in [-0.25, -0.2) is 0 Å². The maximum Gasteiger partial charge on any atom is 0.223 e. The number of hydrogen-bond donors (Lipinski definition) is 0. The van der Waals surface area contributed by atoms with Crippen LogP contribution in [0.1, 0.15) is 79.0 Å². The number of nitrogens with zero attached hydrogens (tertiary/aromatic N) is 3. The van der Waals surface area contributed by atoms with Gasteiger partial charge < -0.3 is 9.80 Å². The molecular weight excluding hydrogens is 466 g/mol. The molecule has 194 valence electrons. The molecule has 1 atom stereocenters. The minimum Gasteiger partial charge on any atom is -0.341 e. The summed E-state index contributed by atoms with van der Waals surface area (Å²) < 4.78 is 0. The molecule has 0 spiro atoms. The highest BCUT2D eigenvalue weighted by Crippen LogP contribution is 2.39. The summed E-state index contributed by atoms with van der Waals surface area (Å²) in [5.41, 5.74) is 4.07. The second kappa shape index (κ2) is 11.9. The van der Waals surface area contributed by atoms with E-state index >= 15 is 0 Å². The first-order chi connectivity index (χ1) is 17.6. The summed E-state index contributed by atoms with van der Waals surface area (Å²) in [6.45, 7) is 6.86. The number of thiophene rings is 1. The number of aryl methyl sites for hydroxylation is 1. The van der Waals surface area contributed by atoms with Gasteiger partial charge in [-0.1, -0.05) is 49.9 Å². The first-order valence-electron chi connectivity index (χ1n) is 14.0. The molecule has 6 heteroatoms. The molecule has 3 heterocycles. The first kappa shape index (κ1) is 25.5. The number of benzene rings is 1. The molecule has 0 N–H and O–H groups in total. The number of carbonyl (C=O) groups excluding carboxylic acids is 2. The zero-order chi connectivity index (χ0) is 24.9. The van der Waals surface area contributed by atoms with Crippen LogP contribution in [-0.4, -0.2) is 65.8 Å². The van der Waals surface area contributed by atoms with Crippen molar-refractivity contribution in [3.8, 4) is 0 Å². The predicted octanol–water partition coefficient (Wildman–Crippen LogP) is 5.43. The third kappa shape index (κ3) is 5.86. The highest BCUT2D eigenvalue weighted by molar-refractivity contribution is 7.10. The summed E-state index contributed by atoms with van der Waals surface area (Å²) in [6, 6.07) is 11.2. The lowest BCUT2D eigenvalue weighted by molar-refractivity contribution is -0.134. The molecule has 0 radical (unpaired) electrons. The minimum atomic E-state index is 0.228. The van der Waals surface area contributed by atoms with Crippen LogP contribution in [0.2, 0.25) is 0 Å². The Morgan fingerprint density at radius 1 is 0.861 bits per heavy atom. The van der Waals surface area contributed by atoms with Gasteiger partial charge in [-0.2, -0.15) is 0 Å². The molecule has 5 rings (SSSR count). The van der Waals surface area contributed by atoms with Gasteiger partial charge in [0.2, 0.25) is 11.8 Å². The maximum absolute atomic E-state index is 13.3. The predicted molar refractivity (Wildman–Crippen MR) is 146 cm³/mol. The third-order valence-electron chi connectivity index (χ3n) is 8.60. The van der Waals surface area contributed by atoms with Crippen molar-refractivity contribution < 1.29 is 9.59 Å². The third-order valence-corrected chi connectivity index (χ3v) is 9.60. The Morgan fingerprint density at radius 3 is 2.33 bits per heavy atom. The Morgan fingerprint density at radius 2 is 1.58 bits per heavy atom. The smallest absolute Gasteiger partial charge is 0.223 e.